The van der Waals surface area contributed by atoms with Crippen molar-refractivity contribution in [3.63, 3.8) is 0 Å². The molecule has 138 valence electrons. The molecule has 1 aliphatic rings. The number of ether oxygens (including phenoxy) is 1. The molecule has 0 aromatic heterocycles. The predicted octanol–water partition coefficient (Wildman–Crippen LogP) is 3.06. The van der Waals surface area contributed by atoms with Gasteiger partial charge in [0.2, 0.25) is 0 Å². The molecule has 2 N–H and O–H groups in total. The van der Waals surface area contributed by atoms with Gasteiger partial charge < -0.3 is 15.4 Å². The molecular weight excluding hydrogens is 396 g/mol. The number of carbonyl (C=O) groups excluding carboxylic acids is 2. The van der Waals surface area contributed by atoms with E-state index in [0.717, 1.165) is 47.9 Å². The molecular formula is C20H23BrN2O3. The Kier molecular flexibility index (Phi) is 8.51. The van der Waals surface area contributed by atoms with Crippen molar-refractivity contribution in [3.05, 3.63) is 63.6 Å². The fraction of sp³-hybridized carbons (Fsp3) is 0.350. The second-order valence-electron chi connectivity index (χ2n) is 6.27. The minimum atomic E-state index is 0.250. The number of halogens is 1. The Morgan fingerprint density at radius 3 is 2.65 bits per heavy atom. The van der Waals surface area contributed by atoms with Crippen molar-refractivity contribution < 1.29 is 14.3 Å². The van der Waals surface area contributed by atoms with Gasteiger partial charge in [-0.25, -0.2) is 0 Å². The third kappa shape index (κ3) is 6.73. The molecule has 0 radical (unpaired) electrons. The van der Waals surface area contributed by atoms with Crippen LogP contribution in [0, 0.1) is 12.8 Å². The number of hydrogen-bond donors (Lipinski definition) is 2. The fourth-order valence-corrected chi connectivity index (χ4v) is 3.20. The molecule has 26 heavy (non-hydrogen) atoms. The first-order chi connectivity index (χ1) is 12.6. The van der Waals surface area contributed by atoms with Crippen molar-refractivity contribution in [2.75, 3.05) is 19.6 Å². The third-order valence-corrected chi connectivity index (χ3v) is 4.87. The van der Waals surface area contributed by atoms with Crippen molar-refractivity contribution in [3.8, 4) is 5.75 Å². The maximum Gasteiger partial charge on any atom is 0.373 e. The molecule has 6 heteroatoms. The van der Waals surface area contributed by atoms with Crippen LogP contribution >= 0.6 is 15.9 Å². The molecule has 0 amide bonds. The predicted molar refractivity (Wildman–Crippen MR) is 103 cm³/mol. The third-order valence-electron chi connectivity index (χ3n) is 4.13. The first-order valence-corrected chi connectivity index (χ1v) is 9.29. The summed E-state index contributed by atoms with van der Waals surface area (Å²) in [5.41, 5.74) is 3.67. The van der Waals surface area contributed by atoms with Crippen LogP contribution in [0.25, 0.3) is 0 Å². The van der Waals surface area contributed by atoms with Gasteiger partial charge in [0.1, 0.15) is 12.4 Å². The second kappa shape index (κ2) is 10.9. The summed E-state index contributed by atoms with van der Waals surface area (Å²) in [5, 5.41) is 6.81. The highest BCUT2D eigenvalue weighted by Crippen LogP contribution is 2.21. The molecule has 2 aromatic rings. The zero-order chi connectivity index (χ0) is 18.8. The maximum atomic E-state index is 8.12. The Hall–Kier alpha value is -1.98. The molecule has 0 saturated carbocycles. The lowest BCUT2D eigenvalue weighted by molar-refractivity contribution is -0.191. The summed E-state index contributed by atoms with van der Waals surface area (Å²) in [6.07, 6.45) is 0.250. The lowest BCUT2D eigenvalue weighted by atomic mass is 10.0. The molecule has 1 aliphatic heterocycles. The van der Waals surface area contributed by atoms with Gasteiger partial charge in [0, 0.05) is 36.2 Å². The van der Waals surface area contributed by atoms with Crippen LogP contribution in [0.3, 0.4) is 0 Å². The maximum absolute atomic E-state index is 8.12. The monoisotopic (exact) mass is 418 g/mol. The molecule has 3 rings (SSSR count). The highest BCUT2D eigenvalue weighted by atomic mass is 79.9. The number of aryl methyl sites for hydroxylation is 1. The zero-order valence-corrected chi connectivity index (χ0v) is 16.3. The van der Waals surface area contributed by atoms with Gasteiger partial charge in [-0.05, 0) is 42.2 Å². The summed E-state index contributed by atoms with van der Waals surface area (Å²) in [5.74, 6) is 1.70. The molecule has 0 bridgehead atoms. The van der Waals surface area contributed by atoms with Gasteiger partial charge in [-0.15, -0.1) is 0 Å². The van der Waals surface area contributed by atoms with E-state index < -0.39 is 0 Å². The highest BCUT2D eigenvalue weighted by Gasteiger charge is 2.15. The largest absolute Gasteiger partial charge is 0.489 e. The van der Waals surface area contributed by atoms with Gasteiger partial charge in [-0.1, -0.05) is 40.2 Å². The van der Waals surface area contributed by atoms with Crippen molar-refractivity contribution in [2.24, 2.45) is 5.92 Å². The highest BCUT2D eigenvalue weighted by molar-refractivity contribution is 9.10. The van der Waals surface area contributed by atoms with Gasteiger partial charge in [0.15, 0.2) is 0 Å². The Morgan fingerprint density at radius 1 is 1.23 bits per heavy atom. The van der Waals surface area contributed by atoms with Crippen molar-refractivity contribution in [2.45, 2.75) is 20.1 Å². The minimum Gasteiger partial charge on any atom is -0.489 e. The number of benzene rings is 2. The van der Waals surface area contributed by atoms with Gasteiger partial charge in [0.25, 0.3) is 0 Å². The summed E-state index contributed by atoms with van der Waals surface area (Å²) in [6, 6.07) is 14.7. The average molecular weight is 419 g/mol. The van der Waals surface area contributed by atoms with Gasteiger partial charge in [0.05, 0.1) is 0 Å². The smallest absolute Gasteiger partial charge is 0.373 e. The van der Waals surface area contributed by atoms with Gasteiger partial charge >= 0.3 is 6.15 Å². The summed E-state index contributed by atoms with van der Waals surface area (Å²) in [4.78, 5) is 16.2. The van der Waals surface area contributed by atoms with E-state index >= 15 is 0 Å². The van der Waals surface area contributed by atoms with E-state index in [9.17, 15) is 0 Å². The van der Waals surface area contributed by atoms with Crippen LogP contribution in [0.2, 0.25) is 0 Å². The Morgan fingerprint density at radius 2 is 2.00 bits per heavy atom. The van der Waals surface area contributed by atoms with E-state index in [4.69, 9.17) is 14.3 Å². The van der Waals surface area contributed by atoms with Crippen LogP contribution in [-0.4, -0.2) is 25.8 Å². The molecule has 0 spiro atoms. The van der Waals surface area contributed by atoms with Crippen LogP contribution in [0.4, 0.5) is 0 Å². The second-order valence-corrected chi connectivity index (χ2v) is 7.12. The Bertz CT molecular complexity index is 742. The first-order valence-electron chi connectivity index (χ1n) is 8.50. The van der Waals surface area contributed by atoms with Gasteiger partial charge in [-0.3, -0.25) is 0 Å². The topological polar surface area (TPSA) is 67.4 Å². The zero-order valence-electron chi connectivity index (χ0n) is 14.8. The average Bonchev–Trinajstić information content (AvgIpc) is 2.57. The van der Waals surface area contributed by atoms with Crippen molar-refractivity contribution in [1.29, 1.82) is 0 Å². The van der Waals surface area contributed by atoms with Gasteiger partial charge in [-0.2, -0.15) is 9.59 Å². The molecule has 0 atom stereocenters. The van der Waals surface area contributed by atoms with Crippen LogP contribution in [0.5, 0.6) is 5.75 Å². The van der Waals surface area contributed by atoms with E-state index in [0.29, 0.717) is 6.61 Å². The summed E-state index contributed by atoms with van der Waals surface area (Å²) in [6.45, 7) is 6.91. The van der Waals surface area contributed by atoms with Crippen molar-refractivity contribution in [1.82, 2.24) is 10.6 Å². The van der Waals surface area contributed by atoms with E-state index in [1.807, 2.05) is 6.07 Å². The van der Waals surface area contributed by atoms with Crippen LogP contribution in [-0.2, 0) is 22.7 Å². The number of hydrogen-bond acceptors (Lipinski definition) is 5. The van der Waals surface area contributed by atoms with Crippen LogP contribution < -0.4 is 15.4 Å². The molecule has 0 aliphatic carbocycles. The molecule has 1 saturated heterocycles. The van der Waals surface area contributed by atoms with E-state index in [-0.39, 0.29) is 6.15 Å². The van der Waals surface area contributed by atoms with E-state index in [1.165, 1.54) is 11.1 Å². The van der Waals surface area contributed by atoms with Crippen LogP contribution in [0.1, 0.15) is 16.7 Å². The standard InChI is InChI=1S/C19H23BrN2O.CO2/c1-14-5-6-17(19(20)7-14)13-23-18-4-2-3-15(8-18)9-21-10-16-11-22-12-16;2-1-3/h2-8,16,21-22H,9-13H2,1H3;. The summed E-state index contributed by atoms with van der Waals surface area (Å²) >= 11 is 3.60. The number of nitrogens with one attached hydrogen (secondary N) is 2. The Labute approximate surface area is 162 Å². The number of rotatable bonds is 7. The lowest BCUT2D eigenvalue weighted by Crippen LogP contribution is -2.47. The molecule has 0 unspecified atom stereocenters. The quantitative estimate of drug-likeness (QED) is 0.722. The lowest BCUT2D eigenvalue weighted by Gasteiger charge is -2.27. The fourth-order valence-electron chi connectivity index (χ4n) is 2.59. The first kappa shape index (κ1) is 20.3. The molecule has 5 nitrogen and oxygen atoms in total. The summed E-state index contributed by atoms with van der Waals surface area (Å²) < 4.78 is 7.05. The van der Waals surface area contributed by atoms with E-state index in [1.54, 1.807) is 0 Å². The minimum absolute atomic E-state index is 0.250. The molecule has 1 heterocycles. The molecule has 2 aromatic carbocycles. The SMILES string of the molecule is Cc1ccc(COc2cccc(CNCC3CNC3)c2)c(Br)c1.O=C=O. The molecule has 1 fully saturated rings. The summed E-state index contributed by atoms with van der Waals surface area (Å²) in [7, 11) is 0. The Balaban J connectivity index is 0.000000758. The van der Waals surface area contributed by atoms with Crippen molar-refractivity contribution >= 4 is 22.1 Å². The van der Waals surface area contributed by atoms with Crippen LogP contribution in [0.15, 0.2) is 46.9 Å². The van der Waals surface area contributed by atoms with E-state index in [2.05, 4.69) is 69.9 Å². The normalized spacial score (nSPS) is 13.2.